The van der Waals surface area contributed by atoms with Crippen LogP contribution >= 0.6 is 0 Å². The molecule has 0 aliphatic heterocycles. The third kappa shape index (κ3) is 7.43. The Morgan fingerprint density at radius 1 is 1.09 bits per heavy atom. The van der Waals surface area contributed by atoms with E-state index in [9.17, 15) is 19.5 Å². The second-order valence-electron chi connectivity index (χ2n) is 9.57. The molecule has 1 aromatic rings. The van der Waals surface area contributed by atoms with Gasteiger partial charge in [-0.25, -0.2) is 4.79 Å². The van der Waals surface area contributed by atoms with Crippen molar-refractivity contribution in [1.82, 2.24) is 15.5 Å². The highest BCUT2D eigenvalue weighted by atomic mass is 16.6. The highest BCUT2D eigenvalue weighted by Crippen LogP contribution is 2.32. The van der Waals surface area contributed by atoms with Crippen LogP contribution in [0.1, 0.15) is 72.6 Å². The van der Waals surface area contributed by atoms with Gasteiger partial charge in [0.1, 0.15) is 23.4 Å². The van der Waals surface area contributed by atoms with Gasteiger partial charge in [-0.05, 0) is 59.9 Å². The summed E-state index contributed by atoms with van der Waals surface area (Å²) in [6, 6.07) is 2.97. The molecule has 3 amide bonds. The summed E-state index contributed by atoms with van der Waals surface area (Å²) >= 11 is 0. The van der Waals surface area contributed by atoms with Crippen LogP contribution in [-0.4, -0.2) is 52.1 Å². The van der Waals surface area contributed by atoms with Crippen molar-refractivity contribution in [1.29, 1.82) is 0 Å². The van der Waals surface area contributed by atoms with Gasteiger partial charge in [0.2, 0.25) is 11.8 Å². The molecule has 0 bridgehead atoms. The number of hydrogen-bond acceptors (Lipinski definition) is 5. The molecule has 1 rings (SSSR count). The Bertz CT molecular complexity index is 814. The van der Waals surface area contributed by atoms with E-state index in [-0.39, 0.29) is 24.3 Å². The molecule has 0 aromatic heterocycles. The zero-order valence-electron chi connectivity index (χ0n) is 20.8. The highest BCUT2D eigenvalue weighted by molar-refractivity contribution is 5.92. The molecule has 1 aromatic carbocycles. The molecular formula is C24H39N3O5. The lowest BCUT2D eigenvalue weighted by atomic mass is 9.97. The first-order chi connectivity index (χ1) is 14.7. The maximum absolute atomic E-state index is 13.6. The predicted octanol–water partition coefficient (Wildman–Crippen LogP) is 3.66. The molecule has 0 heterocycles. The van der Waals surface area contributed by atoms with Gasteiger partial charge in [0.15, 0.2) is 0 Å². The van der Waals surface area contributed by atoms with E-state index in [4.69, 9.17) is 4.74 Å². The number of aromatic hydroxyl groups is 1. The minimum Gasteiger partial charge on any atom is -0.507 e. The predicted molar refractivity (Wildman–Crippen MR) is 124 cm³/mol. The van der Waals surface area contributed by atoms with E-state index in [0.29, 0.717) is 11.1 Å². The van der Waals surface area contributed by atoms with Crippen molar-refractivity contribution in [3.05, 3.63) is 29.3 Å². The number of phenols is 1. The molecule has 32 heavy (non-hydrogen) atoms. The molecule has 0 saturated heterocycles. The van der Waals surface area contributed by atoms with E-state index < -0.39 is 35.6 Å². The smallest absolute Gasteiger partial charge is 0.408 e. The average molecular weight is 450 g/mol. The average Bonchev–Trinajstić information content (AvgIpc) is 2.64. The van der Waals surface area contributed by atoms with Crippen LogP contribution in [0.3, 0.4) is 0 Å². The third-order valence-electron chi connectivity index (χ3n) is 4.78. The van der Waals surface area contributed by atoms with Gasteiger partial charge in [-0.3, -0.25) is 9.59 Å². The number of phenolic OH excluding ortho intramolecular Hbond substituents is 1. The van der Waals surface area contributed by atoms with E-state index in [1.807, 2.05) is 13.8 Å². The molecule has 0 saturated carbocycles. The summed E-state index contributed by atoms with van der Waals surface area (Å²) in [4.78, 5) is 40.6. The summed E-state index contributed by atoms with van der Waals surface area (Å²) in [6.07, 6.45) is -0.706. The quantitative estimate of drug-likeness (QED) is 0.561. The number of hydrogen-bond donors (Lipinski definition) is 3. The fourth-order valence-corrected chi connectivity index (χ4v) is 3.31. The number of benzene rings is 1. The minimum absolute atomic E-state index is 0.0381. The van der Waals surface area contributed by atoms with Gasteiger partial charge in [0.05, 0.1) is 0 Å². The molecule has 0 radical (unpaired) electrons. The van der Waals surface area contributed by atoms with Crippen LogP contribution in [0.4, 0.5) is 4.79 Å². The zero-order valence-corrected chi connectivity index (χ0v) is 20.8. The first-order valence-corrected chi connectivity index (χ1v) is 11.1. The first-order valence-electron chi connectivity index (χ1n) is 11.1. The maximum Gasteiger partial charge on any atom is 0.408 e. The van der Waals surface area contributed by atoms with Crippen molar-refractivity contribution in [2.24, 2.45) is 5.92 Å². The Morgan fingerprint density at radius 2 is 1.69 bits per heavy atom. The highest BCUT2D eigenvalue weighted by Gasteiger charge is 2.38. The number of carbonyl (C=O) groups is 3. The summed E-state index contributed by atoms with van der Waals surface area (Å²) in [5.74, 6) is -1.14. The summed E-state index contributed by atoms with van der Waals surface area (Å²) in [5, 5.41) is 16.2. The molecule has 2 atom stereocenters. The summed E-state index contributed by atoms with van der Waals surface area (Å²) in [5.41, 5.74) is 0.213. The molecule has 2 unspecified atom stereocenters. The number of nitrogens with one attached hydrogen (secondary N) is 2. The first kappa shape index (κ1) is 27.3. The van der Waals surface area contributed by atoms with E-state index in [2.05, 4.69) is 10.6 Å². The Labute approximate surface area is 191 Å². The van der Waals surface area contributed by atoms with Crippen molar-refractivity contribution in [2.75, 3.05) is 6.54 Å². The molecule has 8 nitrogen and oxygen atoms in total. The Kier molecular flexibility index (Phi) is 9.54. The lowest BCUT2D eigenvalue weighted by molar-refractivity contribution is -0.143. The number of rotatable bonds is 8. The van der Waals surface area contributed by atoms with Crippen LogP contribution < -0.4 is 10.6 Å². The van der Waals surface area contributed by atoms with E-state index in [1.165, 1.54) is 4.90 Å². The van der Waals surface area contributed by atoms with E-state index in [1.54, 1.807) is 66.7 Å². The van der Waals surface area contributed by atoms with Crippen molar-refractivity contribution in [3.63, 3.8) is 0 Å². The van der Waals surface area contributed by atoms with Crippen LogP contribution in [0, 0.1) is 12.8 Å². The Balaban J connectivity index is 3.41. The largest absolute Gasteiger partial charge is 0.507 e. The van der Waals surface area contributed by atoms with Gasteiger partial charge < -0.3 is 25.4 Å². The SMILES string of the molecule is CCN(C(=O)C(NC(=O)OC(C)(C)C)C(C)C)C(C(=O)NC(C)C)c1cccc(C)c1O. The second-order valence-corrected chi connectivity index (χ2v) is 9.57. The number of ether oxygens (including phenoxy) is 1. The second kappa shape index (κ2) is 11.2. The molecule has 0 aliphatic carbocycles. The number of amides is 3. The van der Waals surface area contributed by atoms with Crippen molar-refractivity contribution in [2.45, 2.75) is 86.0 Å². The minimum atomic E-state index is -1.06. The topological polar surface area (TPSA) is 108 Å². The van der Waals surface area contributed by atoms with Crippen LogP contribution in [0.15, 0.2) is 18.2 Å². The summed E-state index contributed by atoms with van der Waals surface area (Å²) in [7, 11) is 0. The summed E-state index contributed by atoms with van der Waals surface area (Å²) in [6.45, 7) is 16.2. The monoisotopic (exact) mass is 449 g/mol. The molecule has 0 spiro atoms. The lowest BCUT2D eigenvalue weighted by Gasteiger charge is -2.35. The van der Waals surface area contributed by atoms with Gasteiger partial charge in [-0.2, -0.15) is 0 Å². The molecule has 0 aliphatic rings. The van der Waals surface area contributed by atoms with Gasteiger partial charge in [0, 0.05) is 18.2 Å². The van der Waals surface area contributed by atoms with Gasteiger partial charge in [-0.1, -0.05) is 32.0 Å². The molecule has 0 fully saturated rings. The fraction of sp³-hybridized carbons (Fsp3) is 0.625. The number of nitrogens with zero attached hydrogens (tertiary/aromatic N) is 1. The number of carbonyl (C=O) groups excluding carboxylic acids is 3. The molecule has 3 N–H and O–H groups in total. The summed E-state index contributed by atoms with van der Waals surface area (Å²) < 4.78 is 5.32. The van der Waals surface area contributed by atoms with Crippen molar-refractivity contribution in [3.8, 4) is 5.75 Å². The van der Waals surface area contributed by atoms with Crippen molar-refractivity contribution >= 4 is 17.9 Å². The van der Waals surface area contributed by atoms with Crippen molar-refractivity contribution < 1.29 is 24.2 Å². The van der Waals surface area contributed by atoms with Gasteiger partial charge >= 0.3 is 6.09 Å². The van der Waals surface area contributed by atoms with Crippen LogP contribution in [0.5, 0.6) is 5.75 Å². The van der Waals surface area contributed by atoms with Crippen LogP contribution in [0.2, 0.25) is 0 Å². The Hall–Kier alpha value is -2.77. The van der Waals surface area contributed by atoms with E-state index >= 15 is 0 Å². The van der Waals surface area contributed by atoms with Crippen LogP contribution in [0.25, 0.3) is 0 Å². The third-order valence-corrected chi connectivity index (χ3v) is 4.78. The number of aryl methyl sites for hydroxylation is 1. The Morgan fingerprint density at radius 3 is 2.16 bits per heavy atom. The number of likely N-dealkylation sites (N-methyl/N-ethyl adjacent to an activating group) is 1. The molecule has 180 valence electrons. The van der Waals surface area contributed by atoms with Gasteiger partial charge in [0.25, 0.3) is 0 Å². The van der Waals surface area contributed by atoms with E-state index in [0.717, 1.165) is 0 Å². The zero-order chi connectivity index (χ0) is 24.8. The molecule has 8 heteroatoms. The van der Waals surface area contributed by atoms with Gasteiger partial charge in [-0.15, -0.1) is 0 Å². The molecular weight excluding hydrogens is 410 g/mol. The number of para-hydroxylation sites is 1. The van der Waals surface area contributed by atoms with Crippen LogP contribution in [-0.2, 0) is 14.3 Å². The standard InChI is InChI=1S/C24H39N3O5/c1-10-27(22(30)18(14(2)3)26-23(31)32-24(7,8)9)19(21(29)25-15(4)5)17-13-11-12-16(6)20(17)28/h11-15,18-19,28H,10H2,1-9H3,(H,25,29)(H,26,31). The maximum atomic E-state index is 13.6. The fourth-order valence-electron chi connectivity index (χ4n) is 3.31. The lowest BCUT2D eigenvalue weighted by Crippen LogP contribution is -2.55. The number of alkyl carbamates (subject to hydrolysis) is 1. The normalized spacial score (nSPS) is 13.5.